The van der Waals surface area contributed by atoms with Gasteiger partial charge in [0.15, 0.2) is 0 Å². The molecule has 0 unspecified atom stereocenters. The normalized spacial score (nSPS) is 10.4. The number of carbonyl (C=O) groups is 1. The van der Waals surface area contributed by atoms with Crippen LogP contribution in [-0.4, -0.2) is 22.2 Å². The Balaban J connectivity index is 1.66. The number of nitrogen functional groups attached to an aromatic ring is 1. The van der Waals surface area contributed by atoms with Crippen LogP contribution < -0.4 is 11.1 Å². The molecule has 1 amide bonds. The number of nitrogens with one attached hydrogen (secondary N) is 1. The van der Waals surface area contributed by atoms with Gasteiger partial charge in [0, 0.05) is 19.2 Å². The number of aryl methyl sites for hydroxylation is 2. The molecule has 0 spiro atoms. The molecule has 0 saturated heterocycles. The molecule has 1 heterocycles. The van der Waals surface area contributed by atoms with E-state index in [1.54, 1.807) is 17.1 Å². The van der Waals surface area contributed by atoms with Crippen LogP contribution in [0.5, 0.6) is 0 Å². The quantitative estimate of drug-likeness (QED) is 0.837. The van der Waals surface area contributed by atoms with Crippen molar-refractivity contribution in [2.24, 2.45) is 0 Å². The third kappa shape index (κ3) is 4.42. The maximum absolute atomic E-state index is 11.7. The molecule has 0 fully saturated rings. The summed E-state index contributed by atoms with van der Waals surface area (Å²) in [4.78, 5) is 11.7. The molecule has 0 aliphatic carbocycles. The number of nitrogens with zero attached hydrogens (tertiary/aromatic N) is 2. The number of hydrogen-bond donors (Lipinski definition) is 2. The van der Waals surface area contributed by atoms with E-state index in [1.807, 2.05) is 0 Å². The van der Waals surface area contributed by atoms with E-state index in [9.17, 15) is 4.79 Å². The minimum absolute atomic E-state index is 0.0608. The van der Waals surface area contributed by atoms with Crippen LogP contribution in [0.25, 0.3) is 0 Å². The predicted molar refractivity (Wildman–Crippen MR) is 79.1 cm³/mol. The molecule has 0 aliphatic rings. The average molecular weight is 272 g/mol. The molecule has 2 rings (SSSR count). The van der Waals surface area contributed by atoms with Gasteiger partial charge in [-0.15, -0.1) is 0 Å². The Hall–Kier alpha value is -2.30. The first-order valence-electron chi connectivity index (χ1n) is 6.73. The molecular formula is C15H20N4O. The zero-order valence-electron chi connectivity index (χ0n) is 11.7. The van der Waals surface area contributed by atoms with E-state index in [4.69, 9.17) is 5.73 Å². The Morgan fingerprint density at radius 3 is 2.75 bits per heavy atom. The van der Waals surface area contributed by atoms with Crippen molar-refractivity contribution in [2.45, 2.75) is 26.3 Å². The van der Waals surface area contributed by atoms with Crippen molar-refractivity contribution >= 4 is 11.6 Å². The third-order valence-electron chi connectivity index (χ3n) is 3.08. The lowest BCUT2D eigenvalue weighted by Crippen LogP contribution is -2.27. The molecule has 5 nitrogen and oxygen atoms in total. The van der Waals surface area contributed by atoms with Crippen molar-refractivity contribution in [1.29, 1.82) is 0 Å². The molecule has 1 aromatic carbocycles. The monoisotopic (exact) mass is 272 g/mol. The van der Waals surface area contributed by atoms with Gasteiger partial charge < -0.3 is 11.1 Å². The largest absolute Gasteiger partial charge is 0.396 e. The van der Waals surface area contributed by atoms with Crippen LogP contribution in [-0.2, 0) is 17.8 Å². The summed E-state index contributed by atoms with van der Waals surface area (Å²) in [5.41, 5.74) is 8.62. The van der Waals surface area contributed by atoms with Crippen LogP contribution in [0.2, 0.25) is 0 Å². The second-order valence-corrected chi connectivity index (χ2v) is 4.87. The first-order chi connectivity index (χ1) is 9.63. The minimum Gasteiger partial charge on any atom is -0.396 e. The number of carbonyl (C=O) groups excluding carboxylic acids is 1. The number of rotatable bonds is 6. The SMILES string of the molecule is Cc1ccc(CCC(=O)NCCn2cc(N)cn2)cc1. The molecule has 0 atom stereocenters. The molecule has 5 heteroatoms. The van der Waals surface area contributed by atoms with Gasteiger partial charge >= 0.3 is 0 Å². The summed E-state index contributed by atoms with van der Waals surface area (Å²) in [7, 11) is 0. The third-order valence-corrected chi connectivity index (χ3v) is 3.08. The summed E-state index contributed by atoms with van der Waals surface area (Å²) in [5, 5.41) is 6.94. The highest BCUT2D eigenvalue weighted by molar-refractivity contribution is 5.76. The smallest absolute Gasteiger partial charge is 0.220 e. The van der Waals surface area contributed by atoms with Gasteiger partial charge in [-0.3, -0.25) is 9.48 Å². The van der Waals surface area contributed by atoms with E-state index >= 15 is 0 Å². The second kappa shape index (κ2) is 6.75. The second-order valence-electron chi connectivity index (χ2n) is 4.87. The lowest BCUT2D eigenvalue weighted by Gasteiger charge is -2.06. The van der Waals surface area contributed by atoms with E-state index in [0.29, 0.717) is 25.2 Å². The van der Waals surface area contributed by atoms with E-state index in [-0.39, 0.29) is 5.91 Å². The number of benzene rings is 1. The first-order valence-corrected chi connectivity index (χ1v) is 6.73. The number of hydrogen-bond acceptors (Lipinski definition) is 3. The van der Waals surface area contributed by atoms with Crippen molar-refractivity contribution in [3.8, 4) is 0 Å². The van der Waals surface area contributed by atoms with Gasteiger partial charge in [0.05, 0.1) is 18.4 Å². The highest BCUT2D eigenvalue weighted by Crippen LogP contribution is 2.05. The molecular weight excluding hydrogens is 252 g/mol. The predicted octanol–water partition coefficient (Wildman–Crippen LogP) is 1.52. The van der Waals surface area contributed by atoms with Crippen LogP contribution >= 0.6 is 0 Å². The zero-order chi connectivity index (χ0) is 14.4. The van der Waals surface area contributed by atoms with Crippen molar-refractivity contribution < 1.29 is 4.79 Å². The summed E-state index contributed by atoms with van der Waals surface area (Å²) >= 11 is 0. The highest BCUT2D eigenvalue weighted by Gasteiger charge is 2.02. The standard InChI is InChI=1S/C15H20N4O/c1-12-2-4-13(5-3-12)6-7-15(20)17-8-9-19-11-14(16)10-18-19/h2-5,10-11H,6-9,16H2,1H3,(H,17,20). The molecule has 106 valence electrons. The fourth-order valence-corrected chi connectivity index (χ4v) is 1.91. The lowest BCUT2D eigenvalue weighted by molar-refractivity contribution is -0.121. The summed E-state index contributed by atoms with van der Waals surface area (Å²) in [6.07, 6.45) is 4.61. The average Bonchev–Trinajstić information content (AvgIpc) is 2.84. The van der Waals surface area contributed by atoms with Crippen LogP contribution in [0.4, 0.5) is 5.69 Å². The van der Waals surface area contributed by atoms with Crippen molar-refractivity contribution in [1.82, 2.24) is 15.1 Å². The van der Waals surface area contributed by atoms with Crippen molar-refractivity contribution in [2.75, 3.05) is 12.3 Å². The Kier molecular flexibility index (Phi) is 4.76. The summed E-state index contributed by atoms with van der Waals surface area (Å²) < 4.78 is 1.72. The zero-order valence-corrected chi connectivity index (χ0v) is 11.7. The van der Waals surface area contributed by atoms with Crippen molar-refractivity contribution in [3.63, 3.8) is 0 Å². The van der Waals surface area contributed by atoms with Crippen molar-refractivity contribution in [3.05, 3.63) is 47.8 Å². The Morgan fingerprint density at radius 1 is 1.35 bits per heavy atom. The van der Waals surface area contributed by atoms with Gasteiger partial charge in [0.25, 0.3) is 0 Å². The van der Waals surface area contributed by atoms with Crippen LogP contribution in [0.15, 0.2) is 36.7 Å². The van der Waals surface area contributed by atoms with E-state index in [2.05, 4.69) is 41.6 Å². The van der Waals surface area contributed by atoms with Gasteiger partial charge in [0.2, 0.25) is 5.91 Å². The van der Waals surface area contributed by atoms with Gasteiger partial charge in [-0.2, -0.15) is 5.10 Å². The molecule has 0 bridgehead atoms. The number of amides is 1. The van der Waals surface area contributed by atoms with Crippen LogP contribution in [0.1, 0.15) is 17.5 Å². The summed E-state index contributed by atoms with van der Waals surface area (Å²) in [5.74, 6) is 0.0608. The van der Waals surface area contributed by atoms with Gasteiger partial charge in [-0.25, -0.2) is 0 Å². The first kappa shape index (κ1) is 14.1. The van der Waals surface area contributed by atoms with Crippen LogP contribution in [0.3, 0.4) is 0 Å². The maximum Gasteiger partial charge on any atom is 0.220 e. The lowest BCUT2D eigenvalue weighted by atomic mass is 10.1. The van der Waals surface area contributed by atoms with Gasteiger partial charge in [-0.05, 0) is 18.9 Å². The Labute approximate surface area is 118 Å². The fourth-order valence-electron chi connectivity index (χ4n) is 1.91. The molecule has 0 aliphatic heterocycles. The minimum atomic E-state index is 0.0608. The number of aromatic nitrogens is 2. The van der Waals surface area contributed by atoms with Gasteiger partial charge in [-0.1, -0.05) is 29.8 Å². The molecule has 1 aromatic heterocycles. The molecule has 2 aromatic rings. The molecule has 3 N–H and O–H groups in total. The highest BCUT2D eigenvalue weighted by atomic mass is 16.1. The molecule has 0 radical (unpaired) electrons. The van der Waals surface area contributed by atoms with E-state index < -0.39 is 0 Å². The molecule has 20 heavy (non-hydrogen) atoms. The topological polar surface area (TPSA) is 72.9 Å². The maximum atomic E-state index is 11.7. The van der Waals surface area contributed by atoms with E-state index in [0.717, 1.165) is 6.42 Å². The Bertz CT molecular complexity index is 560. The molecule has 0 saturated carbocycles. The Morgan fingerprint density at radius 2 is 2.10 bits per heavy atom. The van der Waals surface area contributed by atoms with E-state index in [1.165, 1.54) is 11.1 Å². The summed E-state index contributed by atoms with van der Waals surface area (Å²) in [6, 6.07) is 8.26. The van der Waals surface area contributed by atoms with Gasteiger partial charge in [0.1, 0.15) is 0 Å². The number of anilines is 1. The fraction of sp³-hybridized carbons (Fsp3) is 0.333. The summed E-state index contributed by atoms with van der Waals surface area (Å²) in [6.45, 7) is 3.25. The van der Waals surface area contributed by atoms with Crippen LogP contribution in [0, 0.1) is 6.92 Å². The number of nitrogens with two attached hydrogens (primary N) is 1.